The summed E-state index contributed by atoms with van der Waals surface area (Å²) in [4.78, 5) is 0. The van der Waals surface area contributed by atoms with E-state index in [-0.39, 0.29) is 0 Å². The second-order valence-electron chi connectivity index (χ2n) is 1.36. The van der Waals surface area contributed by atoms with Gasteiger partial charge in [-0.25, -0.2) is 0 Å². The second-order valence-corrected chi connectivity index (χ2v) is 1.36. The first-order valence-corrected chi connectivity index (χ1v) is 2.54. The summed E-state index contributed by atoms with van der Waals surface area (Å²) < 4.78 is 0. The van der Waals surface area contributed by atoms with Crippen LogP contribution >= 0.6 is 0 Å². The summed E-state index contributed by atoms with van der Waals surface area (Å²) in [6.07, 6.45) is 1.41. The van der Waals surface area contributed by atoms with E-state index in [0.29, 0.717) is 0 Å². The van der Waals surface area contributed by atoms with E-state index in [0.717, 1.165) is 6.54 Å². The molecule has 0 aliphatic carbocycles. The standard InChI is InChI=1S/C5H11N3/c1-4-6-7-8(3)5-2/h4H,1,5H2,2-3H3. The third kappa shape index (κ3) is 3.33. The third-order valence-corrected chi connectivity index (χ3v) is 0.744. The van der Waals surface area contributed by atoms with Gasteiger partial charge in [0, 0.05) is 19.8 Å². The van der Waals surface area contributed by atoms with Crippen LogP contribution in [0.15, 0.2) is 23.1 Å². The minimum atomic E-state index is 0.872. The maximum atomic E-state index is 3.70. The normalized spacial score (nSPS) is 9.75. The Labute approximate surface area is 49.7 Å². The summed E-state index contributed by atoms with van der Waals surface area (Å²) in [7, 11) is 1.85. The first-order valence-electron chi connectivity index (χ1n) is 2.54. The highest BCUT2D eigenvalue weighted by Gasteiger charge is 1.79. The molecule has 0 N–H and O–H groups in total. The van der Waals surface area contributed by atoms with Crippen molar-refractivity contribution in [3.63, 3.8) is 0 Å². The third-order valence-electron chi connectivity index (χ3n) is 0.744. The highest BCUT2D eigenvalue weighted by atomic mass is 15.5. The Morgan fingerprint density at radius 2 is 2.38 bits per heavy atom. The molecule has 3 heteroatoms. The average molecular weight is 113 g/mol. The van der Waals surface area contributed by atoms with Gasteiger partial charge < -0.3 is 0 Å². The SMILES string of the molecule is C=CN=NN(C)CC. The van der Waals surface area contributed by atoms with Crippen LogP contribution in [0.3, 0.4) is 0 Å². The highest BCUT2D eigenvalue weighted by molar-refractivity contribution is 4.56. The molecule has 0 spiro atoms. The molecule has 0 amide bonds. The van der Waals surface area contributed by atoms with Crippen molar-refractivity contribution < 1.29 is 0 Å². The zero-order chi connectivity index (χ0) is 6.41. The predicted molar refractivity (Wildman–Crippen MR) is 33.4 cm³/mol. The molecule has 0 saturated heterocycles. The van der Waals surface area contributed by atoms with Crippen molar-refractivity contribution in [3.8, 4) is 0 Å². The van der Waals surface area contributed by atoms with Crippen molar-refractivity contribution in [2.45, 2.75) is 6.92 Å². The van der Waals surface area contributed by atoms with Gasteiger partial charge in [0.1, 0.15) is 0 Å². The molecule has 0 saturated carbocycles. The Morgan fingerprint density at radius 3 is 2.75 bits per heavy atom. The number of hydrogen-bond donors (Lipinski definition) is 0. The lowest BCUT2D eigenvalue weighted by Crippen LogP contribution is -2.07. The fourth-order valence-corrected chi connectivity index (χ4v) is 0.188. The Kier molecular flexibility index (Phi) is 3.84. The van der Waals surface area contributed by atoms with Crippen LogP contribution in [0.4, 0.5) is 0 Å². The molecule has 46 valence electrons. The number of rotatable bonds is 3. The van der Waals surface area contributed by atoms with Gasteiger partial charge in [-0.3, -0.25) is 5.01 Å². The molecule has 0 aliphatic rings. The molecule has 0 aromatic heterocycles. The molecule has 0 rings (SSSR count). The molecule has 0 unspecified atom stereocenters. The van der Waals surface area contributed by atoms with Gasteiger partial charge in [0.15, 0.2) is 0 Å². The van der Waals surface area contributed by atoms with Crippen molar-refractivity contribution >= 4 is 0 Å². The van der Waals surface area contributed by atoms with Gasteiger partial charge >= 0.3 is 0 Å². The van der Waals surface area contributed by atoms with E-state index in [1.165, 1.54) is 6.20 Å². The molecule has 0 heterocycles. The van der Waals surface area contributed by atoms with Gasteiger partial charge in [-0.1, -0.05) is 11.8 Å². The van der Waals surface area contributed by atoms with Crippen molar-refractivity contribution in [1.82, 2.24) is 5.01 Å². The predicted octanol–water partition coefficient (Wildman–Crippen LogP) is 1.45. The summed E-state index contributed by atoms with van der Waals surface area (Å²) in [5, 5.41) is 8.98. The molecule has 3 nitrogen and oxygen atoms in total. The fourth-order valence-electron chi connectivity index (χ4n) is 0.188. The maximum absolute atomic E-state index is 3.70. The topological polar surface area (TPSA) is 28.0 Å². The lowest BCUT2D eigenvalue weighted by Gasteiger charge is -2.03. The van der Waals surface area contributed by atoms with Gasteiger partial charge in [-0.2, -0.15) is 0 Å². The van der Waals surface area contributed by atoms with Crippen LogP contribution in [0.2, 0.25) is 0 Å². The minimum absolute atomic E-state index is 0.872. The Morgan fingerprint density at radius 1 is 1.75 bits per heavy atom. The van der Waals surface area contributed by atoms with Gasteiger partial charge in [0.2, 0.25) is 0 Å². The van der Waals surface area contributed by atoms with E-state index in [2.05, 4.69) is 16.9 Å². The van der Waals surface area contributed by atoms with E-state index in [9.17, 15) is 0 Å². The fraction of sp³-hybridized carbons (Fsp3) is 0.600. The first-order chi connectivity index (χ1) is 3.81. The zero-order valence-electron chi connectivity index (χ0n) is 5.33. The molecule has 0 radical (unpaired) electrons. The van der Waals surface area contributed by atoms with Crippen LogP contribution in [-0.2, 0) is 0 Å². The van der Waals surface area contributed by atoms with Gasteiger partial charge in [-0.15, -0.1) is 5.11 Å². The molecule has 0 aromatic carbocycles. The Bertz CT molecular complexity index is 87.7. The summed E-state index contributed by atoms with van der Waals surface area (Å²) in [5.74, 6) is 0. The van der Waals surface area contributed by atoms with Crippen molar-refractivity contribution in [2.24, 2.45) is 10.3 Å². The van der Waals surface area contributed by atoms with Crippen LogP contribution in [0.5, 0.6) is 0 Å². The maximum Gasteiger partial charge on any atom is 0.0441 e. The van der Waals surface area contributed by atoms with E-state index in [4.69, 9.17) is 0 Å². The van der Waals surface area contributed by atoms with Crippen molar-refractivity contribution in [2.75, 3.05) is 13.6 Å². The molecule has 0 aliphatic heterocycles. The monoisotopic (exact) mass is 113 g/mol. The largest absolute Gasteiger partial charge is 0.282 e. The molecule has 0 aromatic rings. The van der Waals surface area contributed by atoms with E-state index in [1.807, 2.05) is 14.0 Å². The Hall–Kier alpha value is -0.860. The first kappa shape index (κ1) is 7.14. The van der Waals surface area contributed by atoms with Crippen molar-refractivity contribution in [1.29, 1.82) is 0 Å². The molecule has 0 bridgehead atoms. The molecular weight excluding hydrogens is 102 g/mol. The van der Waals surface area contributed by atoms with Gasteiger partial charge in [0.05, 0.1) is 0 Å². The van der Waals surface area contributed by atoms with E-state index >= 15 is 0 Å². The van der Waals surface area contributed by atoms with E-state index < -0.39 is 0 Å². The minimum Gasteiger partial charge on any atom is -0.282 e. The van der Waals surface area contributed by atoms with Gasteiger partial charge in [-0.05, 0) is 6.92 Å². The van der Waals surface area contributed by atoms with E-state index in [1.54, 1.807) is 5.01 Å². The summed E-state index contributed by atoms with van der Waals surface area (Å²) >= 11 is 0. The summed E-state index contributed by atoms with van der Waals surface area (Å²) in [5.41, 5.74) is 0. The van der Waals surface area contributed by atoms with Crippen LogP contribution in [0, 0.1) is 0 Å². The average Bonchev–Trinajstić information content (AvgIpc) is 1.83. The lowest BCUT2D eigenvalue weighted by atomic mass is 10.8. The molecule has 0 atom stereocenters. The lowest BCUT2D eigenvalue weighted by molar-refractivity contribution is 0.350. The molecular formula is C5H11N3. The number of nitrogens with zero attached hydrogens (tertiary/aromatic N) is 3. The molecule has 0 fully saturated rings. The van der Waals surface area contributed by atoms with Crippen LogP contribution in [0.1, 0.15) is 6.92 Å². The number of hydrogen-bond acceptors (Lipinski definition) is 2. The summed E-state index contributed by atoms with van der Waals surface area (Å²) in [6, 6.07) is 0. The quantitative estimate of drug-likeness (QED) is 0.402. The highest BCUT2D eigenvalue weighted by Crippen LogP contribution is 1.82. The van der Waals surface area contributed by atoms with Crippen LogP contribution in [0.25, 0.3) is 0 Å². The second kappa shape index (κ2) is 4.30. The van der Waals surface area contributed by atoms with Crippen LogP contribution in [-0.4, -0.2) is 18.6 Å². The van der Waals surface area contributed by atoms with Gasteiger partial charge in [0.25, 0.3) is 0 Å². The smallest absolute Gasteiger partial charge is 0.0441 e. The zero-order valence-corrected chi connectivity index (χ0v) is 5.33. The Balaban J connectivity index is 3.35. The molecule has 8 heavy (non-hydrogen) atoms. The van der Waals surface area contributed by atoms with Crippen LogP contribution < -0.4 is 0 Å². The summed E-state index contributed by atoms with van der Waals surface area (Å²) in [6.45, 7) is 6.25. The van der Waals surface area contributed by atoms with Crippen molar-refractivity contribution in [3.05, 3.63) is 12.8 Å².